The summed E-state index contributed by atoms with van der Waals surface area (Å²) in [6, 6.07) is 0. The Hall–Kier alpha value is -0.780. The number of halogens is 3. The first-order chi connectivity index (χ1) is 6.30. The number of hydrogen-bond acceptors (Lipinski definition) is 3. The van der Waals surface area contributed by atoms with E-state index in [1.54, 1.807) is 0 Å². The lowest BCUT2D eigenvalue weighted by Crippen LogP contribution is -2.09. The monoisotopic (exact) mass is 224 g/mol. The van der Waals surface area contributed by atoms with Gasteiger partial charge < -0.3 is 5.73 Å². The molecule has 0 aliphatic rings. The van der Waals surface area contributed by atoms with E-state index < -0.39 is 11.9 Å². The molecule has 0 bridgehead atoms. The van der Waals surface area contributed by atoms with E-state index in [2.05, 4.69) is 4.98 Å². The molecule has 0 unspecified atom stereocenters. The summed E-state index contributed by atoms with van der Waals surface area (Å²) in [4.78, 5) is 3.53. The van der Waals surface area contributed by atoms with Crippen LogP contribution in [0.15, 0.2) is 0 Å². The van der Waals surface area contributed by atoms with Gasteiger partial charge in [0.25, 0.3) is 0 Å². The van der Waals surface area contributed by atoms with Crippen molar-refractivity contribution in [3.8, 4) is 0 Å². The minimum absolute atomic E-state index is 0.0204. The van der Waals surface area contributed by atoms with E-state index in [1.807, 2.05) is 13.8 Å². The predicted octanol–water partition coefficient (Wildman–Crippen LogP) is 2.94. The molecule has 14 heavy (non-hydrogen) atoms. The maximum Gasteiger partial charge on any atom is 0.434 e. The minimum Gasteiger partial charge on any atom is -0.375 e. The van der Waals surface area contributed by atoms with Gasteiger partial charge in [0.15, 0.2) is 10.8 Å². The molecule has 80 valence electrons. The Labute approximate surface area is 84.0 Å². The number of nitrogens with zero attached hydrogens (tertiary/aromatic N) is 1. The van der Waals surface area contributed by atoms with Gasteiger partial charge in [-0.05, 0) is 12.3 Å². The number of rotatable bonds is 2. The molecule has 0 fully saturated rings. The van der Waals surface area contributed by atoms with Gasteiger partial charge in [0, 0.05) is 4.88 Å². The smallest absolute Gasteiger partial charge is 0.375 e. The molecule has 0 atom stereocenters. The summed E-state index contributed by atoms with van der Waals surface area (Å²) in [7, 11) is 0. The van der Waals surface area contributed by atoms with Gasteiger partial charge in [-0.3, -0.25) is 0 Å². The molecule has 2 nitrogen and oxygen atoms in total. The van der Waals surface area contributed by atoms with E-state index in [0.717, 1.165) is 11.3 Å². The SMILES string of the molecule is CC(C)Cc1sc(N)nc1C(F)(F)F. The van der Waals surface area contributed by atoms with Gasteiger partial charge in [0.1, 0.15) is 0 Å². The molecule has 0 saturated heterocycles. The minimum atomic E-state index is -4.39. The van der Waals surface area contributed by atoms with Gasteiger partial charge in [-0.15, -0.1) is 11.3 Å². The molecular formula is C8H11F3N2S. The highest BCUT2D eigenvalue weighted by atomic mass is 32.1. The van der Waals surface area contributed by atoms with Crippen molar-refractivity contribution in [2.24, 2.45) is 5.92 Å². The van der Waals surface area contributed by atoms with Crippen LogP contribution < -0.4 is 5.73 Å². The Morgan fingerprint density at radius 2 is 2.00 bits per heavy atom. The summed E-state index contributed by atoms with van der Waals surface area (Å²) in [5, 5.41) is -0.0204. The maximum atomic E-state index is 12.4. The Bertz CT molecular complexity index is 317. The summed E-state index contributed by atoms with van der Waals surface area (Å²) in [6.07, 6.45) is -4.03. The molecule has 1 aromatic heterocycles. The van der Waals surface area contributed by atoms with Crippen molar-refractivity contribution in [1.29, 1.82) is 0 Å². The molecular weight excluding hydrogens is 213 g/mol. The van der Waals surface area contributed by atoms with Crippen LogP contribution in [0.3, 0.4) is 0 Å². The van der Waals surface area contributed by atoms with Gasteiger partial charge >= 0.3 is 6.18 Å². The number of hydrogen-bond donors (Lipinski definition) is 1. The Morgan fingerprint density at radius 3 is 2.43 bits per heavy atom. The summed E-state index contributed by atoms with van der Waals surface area (Å²) in [5.41, 5.74) is 4.43. The lowest BCUT2D eigenvalue weighted by atomic mass is 10.1. The van der Waals surface area contributed by atoms with Crippen LogP contribution >= 0.6 is 11.3 Å². The molecule has 0 radical (unpaired) electrons. The highest BCUT2D eigenvalue weighted by Crippen LogP contribution is 2.36. The number of thiazole rings is 1. The largest absolute Gasteiger partial charge is 0.434 e. The zero-order chi connectivity index (χ0) is 10.9. The third-order valence-electron chi connectivity index (χ3n) is 1.58. The predicted molar refractivity (Wildman–Crippen MR) is 50.1 cm³/mol. The topological polar surface area (TPSA) is 38.9 Å². The van der Waals surface area contributed by atoms with Crippen LogP contribution in [0.25, 0.3) is 0 Å². The van der Waals surface area contributed by atoms with Crippen molar-refractivity contribution in [3.63, 3.8) is 0 Å². The molecule has 0 saturated carbocycles. The molecule has 0 spiro atoms. The second-order valence-corrected chi connectivity index (χ2v) is 4.53. The first-order valence-electron chi connectivity index (χ1n) is 4.13. The molecule has 0 aliphatic heterocycles. The molecule has 2 N–H and O–H groups in total. The van der Waals surface area contributed by atoms with Crippen LogP contribution in [0.2, 0.25) is 0 Å². The zero-order valence-corrected chi connectivity index (χ0v) is 8.67. The number of aromatic nitrogens is 1. The Kier molecular flexibility index (Phi) is 3.04. The van der Waals surface area contributed by atoms with Crippen molar-refractivity contribution in [1.82, 2.24) is 4.98 Å². The summed E-state index contributed by atoms with van der Waals surface area (Å²) < 4.78 is 37.2. The fourth-order valence-electron chi connectivity index (χ4n) is 1.10. The second kappa shape index (κ2) is 3.76. The van der Waals surface area contributed by atoms with Crippen molar-refractivity contribution in [2.45, 2.75) is 26.4 Å². The van der Waals surface area contributed by atoms with E-state index in [0.29, 0.717) is 6.42 Å². The molecule has 1 aromatic rings. The van der Waals surface area contributed by atoms with E-state index in [1.165, 1.54) is 0 Å². The molecule has 0 aromatic carbocycles. The van der Waals surface area contributed by atoms with Crippen molar-refractivity contribution >= 4 is 16.5 Å². The number of nitrogen functional groups attached to an aromatic ring is 1. The van der Waals surface area contributed by atoms with Crippen LogP contribution in [-0.2, 0) is 12.6 Å². The quantitative estimate of drug-likeness (QED) is 0.838. The van der Waals surface area contributed by atoms with Crippen LogP contribution in [0.5, 0.6) is 0 Å². The van der Waals surface area contributed by atoms with Crippen molar-refractivity contribution in [2.75, 3.05) is 5.73 Å². The zero-order valence-electron chi connectivity index (χ0n) is 7.85. The van der Waals surface area contributed by atoms with Gasteiger partial charge in [-0.25, -0.2) is 4.98 Å². The van der Waals surface area contributed by atoms with Crippen LogP contribution in [0.4, 0.5) is 18.3 Å². The van der Waals surface area contributed by atoms with Crippen molar-refractivity contribution in [3.05, 3.63) is 10.6 Å². The van der Waals surface area contributed by atoms with E-state index in [9.17, 15) is 13.2 Å². The molecule has 1 rings (SSSR count). The van der Waals surface area contributed by atoms with Gasteiger partial charge in [-0.2, -0.15) is 13.2 Å². The van der Waals surface area contributed by atoms with Crippen molar-refractivity contribution < 1.29 is 13.2 Å². The lowest BCUT2D eigenvalue weighted by molar-refractivity contribution is -0.141. The van der Waals surface area contributed by atoms with Crippen LogP contribution in [0, 0.1) is 5.92 Å². The number of nitrogens with two attached hydrogens (primary N) is 1. The highest BCUT2D eigenvalue weighted by molar-refractivity contribution is 7.15. The third kappa shape index (κ3) is 2.60. The number of alkyl halides is 3. The van der Waals surface area contributed by atoms with E-state index in [4.69, 9.17) is 5.73 Å². The molecule has 1 heterocycles. The maximum absolute atomic E-state index is 12.4. The standard InChI is InChI=1S/C8H11F3N2S/c1-4(2)3-5-6(8(9,10)11)13-7(12)14-5/h4H,3H2,1-2H3,(H2,12,13). The molecule has 0 amide bonds. The van der Waals surface area contributed by atoms with Gasteiger partial charge in [-0.1, -0.05) is 13.8 Å². The summed E-state index contributed by atoms with van der Waals surface area (Å²) >= 11 is 0.916. The summed E-state index contributed by atoms with van der Waals surface area (Å²) in [6.45, 7) is 3.71. The average Bonchev–Trinajstić information content (AvgIpc) is 2.28. The Morgan fingerprint density at radius 1 is 1.43 bits per heavy atom. The average molecular weight is 224 g/mol. The van der Waals surface area contributed by atoms with E-state index >= 15 is 0 Å². The fourth-order valence-corrected chi connectivity index (χ4v) is 2.16. The van der Waals surface area contributed by atoms with Gasteiger partial charge in [0.05, 0.1) is 0 Å². The first-order valence-corrected chi connectivity index (χ1v) is 4.94. The van der Waals surface area contributed by atoms with E-state index in [-0.39, 0.29) is 15.9 Å². The second-order valence-electron chi connectivity index (χ2n) is 3.42. The van der Waals surface area contributed by atoms with Crippen LogP contribution in [-0.4, -0.2) is 4.98 Å². The fraction of sp³-hybridized carbons (Fsp3) is 0.625. The third-order valence-corrected chi connectivity index (χ3v) is 2.48. The lowest BCUT2D eigenvalue weighted by Gasteiger charge is -2.07. The van der Waals surface area contributed by atoms with Crippen LogP contribution in [0.1, 0.15) is 24.4 Å². The summed E-state index contributed by atoms with van der Waals surface area (Å²) in [5.74, 6) is 0.163. The van der Waals surface area contributed by atoms with Gasteiger partial charge in [0.2, 0.25) is 0 Å². The first kappa shape index (κ1) is 11.3. The molecule has 6 heteroatoms. The highest BCUT2D eigenvalue weighted by Gasteiger charge is 2.37. The molecule has 0 aliphatic carbocycles. The Balaban J connectivity index is 3.03. The normalized spacial score (nSPS) is 12.4. The number of anilines is 1.